The molecule has 0 aliphatic rings. The van der Waals surface area contributed by atoms with Crippen LogP contribution in [0.1, 0.15) is 1.43 Å². The summed E-state index contributed by atoms with van der Waals surface area (Å²) in [6.07, 6.45) is 0. The SMILES string of the molecule is [Co].[H-].[Li+].[Mn].[Ni].[Ti]. The largest absolute Gasteiger partial charge is 1.00 e. The van der Waals surface area contributed by atoms with Gasteiger partial charge in [-0.25, -0.2) is 0 Å². The second-order valence-electron chi connectivity index (χ2n) is 0. The molecule has 0 aromatic heterocycles. The number of rotatable bonds is 0. The van der Waals surface area contributed by atoms with Gasteiger partial charge in [0.2, 0.25) is 0 Å². The molecular weight excluding hydrogens is 227 g/mol. The van der Waals surface area contributed by atoms with E-state index in [4.69, 9.17) is 0 Å². The van der Waals surface area contributed by atoms with Crippen molar-refractivity contribution in [3.63, 3.8) is 0 Å². The van der Waals surface area contributed by atoms with Crippen LogP contribution in [0.5, 0.6) is 0 Å². The zero-order valence-corrected chi connectivity index (χ0v) is 7.30. The molecule has 0 spiro atoms. The first-order valence-corrected chi connectivity index (χ1v) is 0. The van der Waals surface area contributed by atoms with Gasteiger partial charge < -0.3 is 1.43 Å². The van der Waals surface area contributed by atoms with Gasteiger partial charge in [-0.15, -0.1) is 0 Å². The molecule has 0 rings (SSSR count). The van der Waals surface area contributed by atoms with Gasteiger partial charge >= 0.3 is 18.9 Å². The van der Waals surface area contributed by atoms with Crippen molar-refractivity contribution in [2.75, 3.05) is 0 Å². The molecule has 0 aromatic carbocycles. The molecule has 0 heterocycles. The van der Waals surface area contributed by atoms with Gasteiger partial charge in [0, 0.05) is 72.1 Å². The van der Waals surface area contributed by atoms with Gasteiger partial charge in [-0.05, 0) is 0 Å². The van der Waals surface area contributed by atoms with E-state index in [9.17, 15) is 0 Å². The molecule has 0 aliphatic heterocycles. The molecule has 0 atom stereocenters. The summed E-state index contributed by atoms with van der Waals surface area (Å²) in [5.74, 6) is 0. The zero-order chi connectivity index (χ0) is 0. The van der Waals surface area contributed by atoms with E-state index >= 15 is 0 Å². The molecule has 0 amide bonds. The van der Waals surface area contributed by atoms with Crippen molar-refractivity contribution < 1.29 is 92.3 Å². The Kier molecular flexibility index (Phi) is 264. The fourth-order valence-electron chi connectivity index (χ4n) is 0. The maximum atomic E-state index is 0. The van der Waals surface area contributed by atoms with Crippen LogP contribution >= 0.6 is 0 Å². The van der Waals surface area contributed by atoms with Crippen LogP contribution < -0.4 is 18.9 Å². The van der Waals surface area contributed by atoms with Gasteiger partial charge in [-0.2, -0.15) is 0 Å². The summed E-state index contributed by atoms with van der Waals surface area (Å²) in [7, 11) is 0. The Morgan fingerprint density at radius 2 is 1.20 bits per heavy atom. The molecule has 0 saturated carbocycles. The molecule has 0 N–H and O–H groups in total. The predicted molar refractivity (Wildman–Crippen MR) is 1.11 cm³/mol. The third-order valence-electron chi connectivity index (χ3n) is 0. The van der Waals surface area contributed by atoms with Crippen molar-refractivity contribution in [1.82, 2.24) is 0 Å². The Morgan fingerprint density at radius 1 is 1.20 bits per heavy atom. The van der Waals surface area contributed by atoms with E-state index in [-0.39, 0.29) is 92.3 Å². The predicted octanol–water partition coefficient (Wildman–Crippen LogP) is -2.89. The molecular formula is HCoLiMnNiTi. The minimum Gasteiger partial charge on any atom is -1.00 e. The third-order valence-corrected chi connectivity index (χ3v) is 0. The summed E-state index contributed by atoms with van der Waals surface area (Å²) in [6, 6.07) is 0. The van der Waals surface area contributed by atoms with Crippen molar-refractivity contribution in [1.29, 1.82) is 0 Å². The second-order valence-corrected chi connectivity index (χ2v) is 0. The summed E-state index contributed by atoms with van der Waals surface area (Å²) in [5.41, 5.74) is 0. The molecule has 0 aromatic rings. The van der Waals surface area contributed by atoms with Crippen LogP contribution in [-0.4, -0.2) is 0 Å². The number of hydrogen-bond donors (Lipinski definition) is 0. The van der Waals surface area contributed by atoms with E-state index in [1.165, 1.54) is 0 Å². The monoisotopic (exact) mass is 228 g/mol. The van der Waals surface area contributed by atoms with Crippen LogP contribution in [0.3, 0.4) is 0 Å². The Labute approximate surface area is 91.1 Å². The second kappa shape index (κ2) is 29.0. The molecule has 5 heavy (non-hydrogen) atoms. The standard InChI is InChI=1S/Co.Li.Mn.Ni.Ti.H/q;+1;;;;-1. The van der Waals surface area contributed by atoms with Gasteiger partial charge in [0.25, 0.3) is 0 Å². The smallest absolute Gasteiger partial charge is 1.00 e. The van der Waals surface area contributed by atoms with Crippen molar-refractivity contribution in [2.45, 2.75) is 0 Å². The molecule has 0 aliphatic carbocycles. The van der Waals surface area contributed by atoms with Gasteiger partial charge in [0.1, 0.15) is 0 Å². The van der Waals surface area contributed by atoms with Crippen molar-refractivity contribution in [2.24, 2.45) is 0 Å². The van der Waals surface area contributed by atoms with Crippen LogP contribution in [0.25, 0.3) is 0 Å². The van der Waals surface area contributed by atoms with E-state index in [2.05, 4.69) is 0 Å². The molecule has 0 bridgehead atoms. The van der Waals surface area contributed by atoms with E-state index in [1.54, 1.807) is 0 Å². The minimum atomic E-state index is 0. The Hall–Kier alpha value is 2.83. The van der Waals surface area contributed by atoms with Gasteiger partial charge in [0.15, 0.2) is 0 Å². The first kappa shape index (κ1) is 45.6. The quantitative estimate of drug-likeness (QED) is 0.391. The van der Waals surface area contributed by atoms with Crippen molar-refractivity contribution in [3.8, 4) is 0 Å². The zero-order valence-electron chi connectivity index (χ0n) is 3.53. The molecule has 2 radical (unpaired) electrons. The third kappa shape index (κ3) is 19.9. The molecule has 0 nitrogen and oxygen atoms in total. The fraction of sp³-hybridized carbons (Fsp3) is 0. The van der Waals surface area contributed by atoms with Gasteiger partial charge in [-0.3, -0.25) is 0 Å². The van der Waals surface area contributed by atoms with Gasteiger partial charge in [-0.1, -0.05) is 0 Å². The first-order valence-electron chi connectivity index (χ1n) is 0. The maximum Gasteiger partial charge on any atom is 1.00 e. The van der Waals surface area contributed by atoms with Crippen LogP contribution in [0.2, 0.25) is 0 Å². The van der Waals surface area contributed by atoms with E-state index in [0.717, 1.165) is 0 Å². The summed E-state index contributed by atoms with van der Waals surface area (Å²) in [4.78, 5) is 0. The van der Waals surface area contributed by atoms with E-state index < -0.39 is 0 Å². The van der Waals surface area contributed by atoms with E-state index in [1.807, 2.05) is 0 Å². The average molecular weight is 228 g/mol. The topological polar surface area (TPSA) is 0 Å². The molecule has 0 saturated heterocycles. The summed E-state index contributed by atoms with van der Waals surface area (Å²) >= 11 is 0. The van der Waals surface area contributed by atoms with Crippen molar-refractivity contribution in [3.05, 3.63) is 0 Å². The van der Waals surface area contributed by atoms with Crippen molar-refractivity contribution >= 4 is 0 Å². The van der Waals surface area contributed by atoms with Crippen LogP contribution in [0.15, 0.2) is 0 Å². The van der Waals surface area contributed by atoms with Crippen LogP contribution in [-0.2, 0) is 72.1 Å². The van der Waals surface area contributed by atoms with E-state index in [0.29, 0.717) is 0 Å². The molecule has 0 fully saturated rings. The van der Waals surface area contributed by atoms with Crippen LogP contribution in [0, 0.1) is 0 Å². The normalized spacial score (nSPS) is 0. The summed E-state index contributed by atoms with van der Waals surface area (Å²) < 4.78 is 0. The molecule has 0 unspecified atom stereocenters. The Morgan fingerprint density at radius 3 is 1.20 bits per heavy atom. The molecule has 5 heteroatoms. The minimum absolute atomic E-state index is 0. The summed E-state index contributed by atoms with van der Waals surface area (Å²) in [6.45, 7) is 0. The Bertz CT molecular complexity index is 15.5. The fourth-order valence-corrected chi connectivity index (χ4v) is 0. The van der Waals surface area contributed by atoms with Gasteiger partial charge in [0.05, 0.1) is 0 Å². The average Bonchev–Trinajstić information content (AvgIpc) is 0. The number of hydrogen-bond acceptors (Lipinski definition) is 0. The van der Waals surface area contributed by atoms with Crippen LogP contribution in [0.4, 0.5) is 0 Å². The maximum absolute atomic E-state index is 0. The summed E-state index contributed by atoms with van der Waals surface area (Å²) in [5, 5.41) is 0. The first-order chi connectivity index (χ1) is 0. The Balaban J connectivity index is 0. The molecule has 32 valence electrons.